The smallest absolute Gasteiger partial charge is 0.254 e. The minimum absolute atomic E-state index is 0.0430. The molecule has 3 atom stereocenters. The summed E-state index contributed by atoms with van der Waals surface area (Å²) in [7, 11) is 0. The highest BCUT2D eigenvalue weighted by Gasteiger charge is 2.42. The van der Waals surface area contributed by atoms with Gasteiger partial charge in [0, 0.05) is 19.7 Å². The summed E-state index contributed by atoms with van der Waals surface area (Å²) in [5.41, 5.74) is -0.631. The zero-order valence-corrected chi connectivity index (χ0v) is 11.2. The van der Waals surface area contributed by atoms with Crippen molar-refractivity contribution >= 4 is 17.5 Å². The molecule has 3 unspecified atom stereocenters. The molecule has 0 N–H and O–H groups in total. The van der Waals surface area contributed by atoms with E-state index < -0.39 is 5.60 Å². The molecule has 2 saturated heterocycles. The monoisotopic (exact) mass is 261 g/mol. The minimum Gasteiger partial charge on any atom is -0.370 e. The third-order valence-corrected chi connectivity index (χ3v) is 3.80. The second kappa shape index (κ2) is 5.12. The van der Waals surface area contributed by atoms with Gasteiger partial charge in [-0.1, -0.05) is 0 Å². The predicted octanol–water partition coefficient (Wildman–Crippen LogP) is 1.41. The van der Waals surface area contributed by atoms with E-state index >= 15 is 0 Å². The summed E-state index contributed by atoms with van der Waals surface area (Å²) in [4.78, 5) is 14.3. The number of carbonyl (C=O) groups excluding carboxylic acids is 1. The summed E-state index contributed by atoms with van der Waals surface area (Å²) >= 11 is 5.82. The van der Waals surface area contributed by atoms with Gasteiger partial charge in [0.1, 0.15) is 5.60 Å². The third kappa shape index (κ3) is 2.75. The number of halogens is 1. The Labute approximate surface area is 107 Å². The molecule has 17 heavy (non-hydrogen) atoms. The highest BCUT2D eigenvalue weighted by atomic mass is 35.5. The average Bonchev–Trinajstić information content (AvgIpc) is 2.75. The zero-order valence-electron chi connectivity index (χ0n) is 10.4. The molecule has 0 bridgehead atoms. The van der Waals surface area contributed by atoms with Crippen molar-refractivity contribution in [1.29, 1.82) is 0 Å². The van der Waals surface area contributed by atoms with Crippen LogP contribution in [0.5, 0.6) is 0 Å². The summed E-state index contributed by atoms with van der Waals surface area (Å²) in [5.74, 6) is 0.506. The number of carbonyl (C=O) groups is 1. The molecule has 2 aliphatic rings. The van der Waals surface area contributed by atoms with Gasteiger partial charge in [0.05, 0.1) is 18.1 Å². The van der Waals surface area contributed by atoms with Gasteiger partial charge in [-0.05, 0) is 26.7 Å². The Morgan fingerprint density at radius 3 is 2.88 bits per heavy atom. The molecule has 0 aromatic rings. The second-order valence-corrected chi connectivity index (χ2v) is 5.42. The Hall–Kier alpha value is -0.320. The first-order valence-corrected chi connectivity index (χ1v) is 6.73. The van der Waals surface area contributed by atoms with Crippen molar-refractivity contribution in [1.82, 2.24) is 4.90 Å². The van der Waals surface area contributed by atoms with Crippen LogP contribution >= 0.6 is 11.6 Å². The Kier molecular flexibility index (Phi) is 3.95. The largest absolute Gasteiger partial charge is 0.370 e. The van der Waals surface area contributed by atoms with Crippen LogP contribution in [0.2, 0.25) is 0 Å². The van der Waals surface area contributed by atoms with E-state index in [0.717, 1.165) is 12.8 Å². The summed E-state index contributed by atoms with van der Waals surface area (Å²) < 4.78 is 11.2. The molecule has 0 saturated carbocycles. The Balaban J connectivity index is 2.03. The molecule has 0 aromatic carbocycles. The number of alkyl halides is 1. The van der Waals surface area contributed by atoms with Crippen molar-refractivity contribution in [3.05, 3.63) is 0 Å². The topological polar surface area (TPSA) is 38.8 Å². The number of hydrogen-bond acceptors (Lipinski definition) is 3. The summed E-state index contributed by atoms with van der Waals surface area (Å²) in [6.07, 6.45) is 1.75. The van der Waals surface area contributed by atoms with E-state index in [1.165, 1.54) is 0 Å². The molecule has 2 aliphatic heterocycles. The van der Waals surface area contributed by atoms with E-state index in [1.54, 1.807) is 0 Å². The third-order valence-electron chi connectivity index (χ3n) is 3.46. The molecule has 5 heteroatoms. The summed E-state index contributed by atoms with van der Waals surface area (Å²) in [5, 5.41) is 0. The molecule has 98 valence electrons. The van der Waals surface area contributed by atoms with E-state index in [9.17, 15) is 4.79 Å². The van der Waals surface area contributed by atoms with Crippen molar-refractivity contribution in [3.8, 4) is 0 Å². The highest BCUT2D eigenvalue weighted by Crippen LogP contribution is 2.28. The van der Waals surface area contributed by atoms with Gasteiger partial charge in [0.25, 0.3) is 5.91 Å². The summed E-state index contributed by atoms with van der Waals surface area (Å²) in [6.45, 7) is 5.74. The fourth-order valence-corrected chi connectivity index (χ4v) is 2.75. The van der Waals surface area contributed by atoms with Crippen molar-refractivity contribution in [2.75, 3.05) is 25.6 Å². The summed E-state index contributed by atoms with van der Waals surface area (Å²) in [6, 6.07) is 0. The molecule has 1 amide bonds. The lowest BCUT2D eigenvalue weighted by molar-refractivity contribution is -0.161. The van der Waals surface area contributed by atoms with E-state index in [1.807, 2.05) is 18.7 Å². The molecule has 2 heterocycles. The molecular weight excluding hydrogens is 242 g/mol. The van der Waals surface area contributed by atoms with Crippen LogP contribution in [-0.4, -0.2) is 54.2 Å². The lowest BCUT2D eigenvalue weighted by Crippen LogP contribution is -2.55. The van der Waals surface area contributed by atoms with Crippen LogP contribution in [0.4, 0.5) is 0 Å². The molecule has 0 spiro atoms. The number of nitrogens with zero attached hydrogens (tertiary/aromatic N) is 1. The van der Waals surface area contributed by atoms with E-state index in [2.05, 4.69) is 0 Å². The lowest BCUT2D eigenvalue weighted by atomic mass is 10.00. The average molecular weight is 262 g/mol. The highest BCUT2D eigenvalue weighted by molar-refractivity contribution is 6.18. The number of ether oxygens (including phenoxy) is 2. The fraction of sp³-hybridized carbons (Fsp3) is 0.917. The van der Waals surface area contributed by atoms with Gasteiger partial charge in [-0.2, -0.15) is 0 Å². The first-order valence-electron chi connectivity index (χ1n) is 6.20. The number of rotatable bonds is 2. The number of amides is 1. The van der Waals surface area contributed by atoms with Crippen LogP contribution in [-0.2, 0) is 14.3 Å². The van der Waals surface area contributed by atoms with Gasteiger partial charge >= 0.3 is 0 Å². The Morgan fingerprint density at radius 1 is 1.53 bits per heavy atom. The van der Waals surface area contributed by atoms with Gasteiger partial charge < -0.3 is 14.4 Å². The van der Waals surface area contributed by atoms with Crippen molar-refractivity contribution in [2.45, 2.75) is 44.5 Å². The maximum Gasteiger partial charge on any atom is 0.254 e. The van der Waals surface area contributed by atoms with Crippen molar-refractivity contribution < 1.29 is 14.3 Å². The first-order chi connectivity index (χ1) is 8.05. The fourth-order valence-electron chi connectivity index (χ4n) is 2.58. The quantitative estimate of drug-likeness (QED) is 0.706. The molecular formula is C12H20ClNO3. The molecule has 2 fully saturated rings. The maximum atomic E-state index is 12.4. The predicted molar refractivity (Wildman–Crippen MR) is 65.2 cm³/mol. The minimum atomic E-state index is -0.631. The zero-order chi connectivity index (χ0) is 12.5. The Bertz CT molecular complexity index is 291. The number of morpholine rings is 1. The molecule has 0 radical (unpaired) electrons. The Morgan fingerprint density at radius 2 is 2.29 bits per heavy atom. The number of hydrogen-bond donors (Lipinski definition) is 0. The van der Waals surface area contributed by atoms with Crippen LogP contribution in [0, 0.1) is 0 Å². The van der Waals surface area contributed by atoms with Gasteiger partial charge in [-0.15, -0.1) is 11.6 Å². The SMILES string of the molecule is CC1CN(C(=O)C2(C)CCCO2)CC(CCl)O1. The van der Waals surface area contributed by atoms with E-state index in [-0.39, 0.29) is 18.1 Å². The van der Waals surface area contributed by atoms with Crippen LogP contribution in [0.15, 0.2) is 0 Å². The van der Waals surface area contributed by atoms with Crippen LogP contribution in [0.1, 0.15) is 26.7 Å². The normalized spacial score (nSPS) is 38.4. The van der Waals surface area contributed by atoms with Gasteiger partial charge in [-0.25, -0.2) is 0 Å². The van der Waals surface area contributed by atoms with Gasteiger partial charge in [0.2, 0.25) is 0 Å². The van der Waals surface area contributed by atoms with Crippen LogP contribution in [0.3, 0.4) is 0 Å². The second-order valence-electron chi connectivity index (χ2n) is 5.12. The first kappa shape index (κ1) is 13.1. The maximum absolute atomic E-state index is 12.4. The van der Waals surface area contributed by atoms with Gasteiger partial charge in [0.15, 0.2) is 0 Å². The van der Waals surface area contributed by atoms with Crippen LogP contribution in [0.25, 0.3) is 0 Å². The standard InChI is InChI=1S/C12H20ClNO3/c1-9-7-14(8-10(6-13)17-9)11(15)12(2)4-3-5-16-12/h9-10H,3-8H2,1-2H3. The molecule has 0 aromatic heterocycles. The van der Waals surface area contributed by atoms with E-state index in [0.29, 0.717) is 25.6 Å². The van der Waals surface area contributed by atoms with Crippen LogP contribution < -0.4 is 0 Å². The van der Waals surface area contributed by atoms with Crippen molar-refractivity contribution in [2.24, 2.45) is 0 Å². The molecule has 4 nitrogen and oxygen atoms in total. The van der Waals surface area contributed by atoms with E-state index in [4.69, 9.17) is 21.1 Å². The lowest BCUT2D eigenvalue weighted by Gasteiger charge is -2.39. The molecule has 0 aliphatic carbocycles. The van der Waals surface area contributed by atoms with Gasteiger partial charge in [-0.3, -0.25) is 4.79 Å². The molecule has 2 rings (SSSR count). The van der Waals surface area contributed by atoms with Crippen molar-refractivity contribution in [3.63, 3.8) is 0 Å².